The lowest BCUT2D eigenvalue weighted by atomic mass is 10.2. The third-order valence-corrected chi connectivity index (χ3v) is 3.89. The van der Waals surface area contributed by atoms with Crippen molar-refractivity contribution in [2.24, 2.45) is 0 Å². The Kier molecular flexibility index (Phi) is 6.77. The summed E-state index contributed by atoms with van der Waals surface area (Å²) in [7, 11) is 0. The largest absolute Gasteiger partial charge is 0.455 e. The number of hydrogen-bond acceptors (Lipinski definition) is 6. The van der Waals surface area contributed by atoms with Gasteiger partial charge in [0.15, 0.2) is 0 Å². The van der Waals surface area contributed by atoms with E-state index in [1.165, 1.54) is 4.90 Å². The number of nitrogens with zero attached hydrogens (tertiary/aromatic N) is 1. The Morgan fingerprint density at radius 1 is 0.931 bits per heavy atom. The van der Waals surface area contributed by atoms with E-state index in [-0.39, 0.29) is 13.1 Å². The maximum atomic E-state index is 12.5. The van der Waals surface area contributed by atoms with E-state index in [2.05, 4.69) is 5.32 Å². The van der Waals surface area contributed by atoms with Gasteiger partial charge in [0.05, 0.1) is 18.2 Å². The van der Waals surface area contributed by atoms with Crippen LogP contribution in [0.2, 0.25) is 0 Å². The average molecular weight is 406 g/mol. The van der Waals surface area contributed by atoms with E-state index >= 15 is 0 Å². The maximum Gasteiger partial charge on any atom is 0.410 e. The molecule has 0 spiro atoms. The minimum absolute atomic E-state index is 0.105. The molecule has 29 heavy (non-hydrogen) atoms. The Morgan fingerprint density at radius 3 is 2.07 bits per heavy atom. The van der Waals surface area contributed by atoms with Gasteiger partial charge in [-0.1, -0.05) is 18.2 Å². The van der Waals surface area contributed by atoms with E-state index in [1.54, 1.807) is 71.9 Å². The van der Waals surface area contributed by atoms with Gasteiger partial charge < -0.3 is 24.4 Å². The fourth-order valence-corrected chi connectivity index (χ4v) is 2.75. The molecule has 0 aromatic heterocycles. The van der Waals surface area contributed by atoms with Crippen molar-refractivity contribution in [3.63, 3.8) is 0 Å². The molecule has 8 nitrogen and oxygen atoms in total. The zero-order chi connectivity index (χ0) is 21.8. The first-order valence-electron chi connectivity index (χ1n) is 9.57. The second-order valence-electron chi connectivity index (χ2n) is 8.95. The number of hydrogen-bond donors (Lipinski definition) is 1. The molecule has 0 radical (unpaired) electrons. The number of ether oxygens (including phenoxy) is 3. The molecule has 0 bridgehead atoms. The third kappa shape index (κ3) is 7.29. The van der Waals surface area contributed by atoms with Crippen LogP contribution in [0.1, 0.15) is 51.9 Å². The van der Waals surface area contributed by atoms with Crippen molar-refractivity contribution in [3.8, 4) is 0 Å². The summed E-state index contributed by atoms with van der Waals surface area (Å²) in [6, 6.07) is 7.91. The summed E-state index contributed by atoms with van der Waals surface area (Å²) >= 11 is 0. The molecule has 1 heterocycles. The topological polar surface area (TPSA) is 94.2 Å². The van der Waals surface area contributed by atoms with Crippen LogP contribution in [-0.2, 0) is 14.2 Å². The van der Waals surface area contributed by atoms with E-state index < -0.39 is 41.5 Å². The summed E-state index contributed by atoms with van der Waals surface area (Å²) in [4.78, 5) is 38.5. The van der Waals surface area contributed by atoms with Crippen molar-refractivity contribution in [1.82, 2.24) is 10.2 Å². The number of alkyl carbamates (subject to hydrolysis) is 1. The van der Waals surface area contributed by atoms with E-state index in [0.29, 0.717) is 5.56 Å². The number of amides is 2. The standard InChI is InChI=1S/C21H30N2O6/c1-20(2,3)28-18(25)22-15-12-23(19(26)29-21(4,5)6)13-16(15)27-17(24)14-10-8-7-9-11-14/h7-11,15-16H,12-13H2,1-6H3,(H,22,25)/t15-,16+/m0/s1. The highest BCUT2D eigenvalue weighted by atomic mass is 16.6. The molecule has 160 valence electrons. The minimum Gasteiger partial charge on any atom is -0.455 e. The Bertz CT molecular complexity index is 736. The highest BCUT2D eigenvalue weighted by molar-refractivity contribution is 5.89. The number of benzene rings is 1. The van der Waals surface area contributed by atoms with Crippen LogP contribution in [0.5, 0.6) is 0 Å². The zero-order valence-electron chi connectivity index (χ0n) is 17.9. The molecule has 2 rings (SSSR count). The summed E-state index contributed by atoms with van der Waals surface area (Å²) in [5.74, 6) is -0.530. The minimum atomic E-state index is -0.734. The molecule has 0 aliphatic carbocycles. The zero-order valence-corrected chi connectivity index (χ0v) is 17.9. The second-order valence-corrected chi connectivity index (χ2v) is 8.95. The molecule has 1 N–H and O–H groups in total. The molecular weight excluding hydrogens is 376 g/mol. The molecule has 1 fully saturated rings. The van der Waals surface area contributed by atoms with Crippen LogP contribution in [0.3, 0.4) is 0 Å². The maximum absolute atomic E-state index is 12.5. The Labute approximate surface area is 171 Å². The molecule has 1 saturated heterocycles. The van der Waals surface area contributed by atoms with Crippen molar-refractivity contribution >= 4 is 18.2 Å². The van der Waals surface area contributed by atoms with E-state index in [0.717, 1.165) is 0 Å². The first-order valence-corrected chi connectivity index (χ1v) is 9.57. The molecule has 8 heteroatoms. The summed E-state index contributed by atoms with van der Waals surface area (Å²) in [5.41, 5.74) is -0.951. The van der Waals surface area contributed by atoms with Crippen LogP contribution >= 0.6 is 0 Å². The predicted octanol–water partition coefficient (Wildman–Crippen LogP) is 3.36. The van der Waals surface area contributed by atoms with Gasteiger partial charge in [-0.05, 0) is 53.7 Å². The van der Waals surface area contributed by atoms with Crippen molar-refractivity contribution in [2.45, 2.75) is 64.9 Å². The van der Waals surface area contributed by atoms with Crippen LogP contribution in [0.4, 0.5) is 9.59 Å². The summed E-state index contributed by atoms with van der Waals surface area (Å²) < 4.78 is 16.3. The van der Waals surface area contributed by atoms with Gasteiger partial charge in [-0.15, -0.1) is 0 Å². The highest BCUT2D eigenvalue weighted by Crippen LogP contribution is 2.20. The van der Waals surface area contributed by atoms with Crippen LogP contribution in [0.25, 0.3) is 0 Å². The number of likely N-dealkylation sites (tertiary alicyclic amines) is 1. The lowest BCUT2D eigenvalue weighted by Crippen LogP contribution is -2.46. The number of esters is 1. The van der Waals surface area contributed by atoms with E-state index in [9.17, 15) is 14.4 Å². The van der Waals surface area contributed by atoms with Crippen molar-refractivity contribution in [3.05, 3.63) is 35.9 Å². The fourth-order valence-electron chi connectivity index (χ4n) is 2.75. The molecule has 1 aliphatic rings. The summed E-state index contributed by atoms with van der Waals surface area (Å²) in [5, 5.41) is 2.70. The lowest BCUT2D eigenvalue weighted by Gasteiger charge is -2.24. The molecule has 1 aromatic carbocycles. The molecule has 1 aliphatic heterocycles. The number of nitrogens with one attached hydrogen (secondary N) is 1. The van der Waals surface area contributed by atoms with Crippen molar-refractivity contribution in [1.29, 1.82) is 0 Å². The second kappa shape index (κ2) is 8.71. The third-order valence-electron chi connectivity index (χ3n) is 3.89. The average Bonchev–Trinajstić information content (AvgIpc) is 2.95. The normalized spacial score (nSPS) is 19.4. The summed E-state index contributed by atoms with van der Waals surface area (Å²) in [6.07, 6.45) is -1.91. The number of rotatable bonds is 3. The number of carbonyl (C=O) groups excluding carboxylic acids is 3. The number of carbonyl (C=O) groups is 3. The molecule has 2 atom stereocenters. The van der Waals surface area contributed by atoms with Gasteiger partial charge in [-0.3, -0.25) is 0 Å². The lowest BCUT2D eigenvalue weighted by molar-refractivity contribution is 0.0164. The Hall–Kier alpha value is -2.77. The molecule has 1 aromatic rings. The van der Waals surface area contributed by atoms with Gasteiger partial charge in [-0.25, -0.2) is 14.4 Å². The van der Waals surface area contributed by atoms with Crippen LogP contribution < -0.4 is 5.32 Å². The highest BCUT2D eigenvalue weighted by Gasteiger charge is 2.41. The first kappa shape index (κ1) is 22.5. The van der Waals surface area contributed by atoms with Gasteiger partial charge in [0.2, 0.25) is 0 Å². The smallest absolute Gasteiger partial charge is 0.410 e. The van der Waals surface area contributed by atoms with Crippen LogP contribution in [0.15, 0.2) is 30.3 Å². The monoisotopic (exact) mass is 406 g/mol. The molecule has 2 amide bonds. The van der Waals surface area contributed by atoms with Gasteiger partial charge in [0.25, 0.3) is 0 Å². The van der Waals surface area contributed by atoms with E-state index in [1.807, 2.05) is 0 Å². The van der Waals surface area contributed by atoms with Crippen molar-refractivity contribution < 1.29 is 28.6 Å². The van der Waals surface area contributed by atoms with Gasteiger partial charge in [0, 0.05) is 6.54 Å². The van der Waals surface area contributed by atoms with Gasteiger partial charge in [0.1, 0.15) is 17.3 Å². The first-order chi connectivity index (χ1) is 13.3. The van der Waals surface area contributed by atoms with Gasteiger partial charge in [-0.2, -0.15) is 0 Å². The quantitative estimate of drug-likeness (QED) is 0.611. The van der Waals surface area contributed by atoms with E-state index in [4.69, 9.17) is 14.2 Å². The predicted molar refractivity (Wildman–Crippen MR) is 107 cm³/mol. The fraction of sp³-hybridized carbons (Fsp3) is 0.571. The van der Waals surface area contributed by atoms with Crippen LogP contribution in [0, 0.1) is 0 Å². The van der Waals surface area contributed by atoms with Gasteiger partial charge >= 0.3 is 18.2 Å². The SMILES string of the molecule is CC(C)(C)OC(=O)N[C@H]1CN(C(=O)OC(C)(C)C)C[C@H]1OC(=O)c1ccccc1. The molecular formula is C21H30N2O6. The molecule has 0 saturated carbocycles. The Balaban J connectivity index is 2.11. The van der Waals surface area contributed by atoms with Crippen molar-refractivity contribution in [2.75, 3.05) is 13.1 Å². The summed E-state index contributed by atoms with van der Waals surface area (Å²) in [6.45, 7) is 10.8. The Morgan fingerprint density at radius 2 is 1.52 bits per heavy atom. The van der Waals surface area contributed by atoms with Crippen LogP contribution in [-0.4, -0.2) is 59.5 Å². The molecule has 0 unspecified atom stereocenters.